The molecule has 1 aromatic carbocycles. The predicted octanol–water partition coefficient (Wildman–Crippen LogP) is 2.02. The molecule has 0 aliphatic carbocycles. The number of hydrogen-bond acceptors (Lipinski definition) is 5. The van der Waals surface area contributed by atoms with Gasteiger partial charge in [-0.2, -0.15) is 9.89 Å². The number of nitrogens with zero attached hydrogens (tertiary/aromatic N) is 3. The van der Waals surface area contributed by atoms with Gasteiger partial charge in [0.1, 0.15) is 0 Å². The van der Waals surface area contributed by atoms with Crippen molar-refractivity contribution in [1.82, 2.24) is 14.9 Å². The van der Waals surface area contributed by atoms with Crippen LogP contribution in [0.4, 0.5) is 5.69 Å². The summed E-state index contributed by atoms with van der Waals surface area (Å²) in [6.07, 6.45) is 6.55. The van der Waals surface area contributed by atoms with Gasteiger partial charge in [0.2, 0.25) is 0 Å². The van der Waals surface area contributed by atoms with Crippen molar-refractivity contribution in [3.8, 4) is 0 Å². The van der Waals surface area contributed by atoms with E-state index in [2.05, 4.69) is 15.5 Å². The van der Waals surface area contributed by atoms with Crippen molar-refractivity contribution >= 4 is 28.5 Å². The summed E-state index contributed by atoms with van der Waals surface area (Å²) in [4.78, 5) is 24.8. The lowest BCUT2D eigenvalue weighted by Crippen LogP contribution is -2.08. The molecule has 3 rings (SSSR count). The number of aliphatic carboxylic acids is 2. The molecule has 0 spiro atoms. The number of aromatic nitrogens is 3. The summed E-state index contributed by atoms with van der Waals surface area (Å²) >= 11 is 0. The van der Waals surface area contributed by atoms with E-state index in [1.807, 2.05) is 42.6 Å². The fourth-order valence-electron chi connectivity index (χ4n) is 1.72. The largest absolute Gasteiger partial charge is 0.478 e. The maximum absolute atomic E-state index is 9.55. The molecule has 8 heteroatoms. The van der Waals surface area contributed by atoms with Crippen LogP contribution >= 0.6 is 0 Å². The topological polar surface area (TPSA) is 117 Å². The second-order valence-electron chi connectivity index (χ2n) is 4.49. The van der Waals surface area contributed by atoms with Crippen molar-refractivity contribution in [3.63, 3.8) is 0 Å². The van der Waals surface area contributed by atoms with Gasteiger partial charge in [0.25, 0.3) is 0 Å². The SMILES string of the molecule is O=C(O)/C=C\C(=O)O.c1ccc2nn(Nc3ccncc3)cc2c1. The first-order valence-electron chi connectivity index (χ1n) is 6.80. The molecule has 0 aliphatic rings. The van der Waals surface area contributed by atoms with Gasteiger partial charge in [-0.15, -0.1) is 0 Å². The van der Waals surface area contributed by atoms with E-state index in [-0.39, 0.29) is 0 Å². The van der Waals surface area contributed by atoms with Gasteiger partial charge < -0.3 is 10.2 Å². The molecule has 0 saturated heterocycles. The van der Waals surface area contributed by atoms with Crippen molar-refractivity contribution in [2.24, 2.45) is 0 Å². The first kappa shape index (κ1) is 16.7. The van der Waals surface area contributed by atoms with Crippen LogP contribution in [0.15, 0.2) is 67.1 Å². The first-order valence-corrected chi connectivity index (χ1v) is 6.80. The van der Waals surface area contributed by atoms with Crippen LogP contribution in [0.3, 0.4) is 0 Å². The van der Waals surface area contributed by atoms with E-state index in [1.165, 1.54) is 0 Å². The van der Waals surface area contributed by atoms with Gasteiger partial charge in [0.05, 0.1) is 17.4 Å². The van der Waals surface area contributed by atoms with E-state index in [9.17, 15) is 9.59 Å². The van der Waals surface area contributed by atoms with E-state index < -0.39 is 11.9 Å². The molecule has 122 valence electrons. The number of carbonyl (C=O) groups is 2. The summed E-state index contributed by atoms with van der Waals surface area (Å²) in [5.74, 6) is -2.51. The molecule has 24 heavy (non-hydrogen) atoms. The molecule has 2 heterocycles. The number of benzene rings is 1. The van der Waals surface area contributed by atoms with Crippen molar-refractivity contribution in [1.29, 1.82) is 0 Å². The molecular formula is C16H14N4O4. The lowest BCUT2D eigenvalue weighted by atomic mass is 10.3. The Morgan fingerprint density at radius 2 is 1.62 bits per heavy atom. The number of carboxylic acids is 2. The van der Waals surface area contributed by atoms with Gasteiger partial charge in [0.15, 0.2) is 0 Å². The third-order valence-electron chi connectivity index (χ3n) is 2.71. The summed E-state index contributed by atoms with van der Waals surface area (Å²) < 4.78 is 0. The smallest absolute Gasteiger partial charge is 0.328 e. The van der Waals surface area contributed by atoms with Crippen molar-refractivity contribution in [2.75, 3.05) is 5.43 Å². The summed E-state index contributed by atoms with van der Waals surface area (Å²) in [5, 5.41) is 21.1. The van der Waals surface area contributed by atoms with Crippen LogP contribution in [0.2, 0.25) is 0 Å². The predicted molar refractivity (Wildman–Crippen MR) is 87.4 cm³/mol. The average Bonchev–Trinajstić information content (AvgIpc) is 2.96. The molecule has 0 aliphatic heterocycles. The molecule has 0 fully saturated rings. The molecule has 2 aromatic heterocycles. The van der Waals surface area contributed by atoms with Crippen LogP contribution in [0.1, 0.15) is 0 Å². The van der Waals surface area contributed by atoms with Gasteiger partial charge in [-0.05, 0) is 18.2 Å². The number of pyridine rings is 1. The van der Waals surface area contributed by atoms with E-state index in [0.29, 0.717) is 12.2 Å². The molecule has 0 atom stereocenters. The van der Waals surface area contributed by atoms with Crippen molar-refractivity contribution in [2.45, 2.75) is 0 Å². The van der Waals surface area contributed by atoms with E-state index in [4.69, 9.17) is 10.2 Å². The third kappa shape index (κ3) is 5.26. The Hall–Kier alpha value is -3.68. The lowest BCUT2D eigenvalue weighted by Gasteiger charge is -2.03. The third-order valence-corrected chi connectivity index (χ3v) is 2.71. The van der Waals surface area contributed by atoms with Crippen LogP contribution in [0, 0.1) is 0 Å². The summed E-state index contributed by atoms with van der Waals surface area (Å²) in [5.41, 5.74) is 5.10. The Morgan fingerprint density at radius 3 is 2.21 bits per heavy atom. The van der Waals surface area contributed by atoms with Crippen molar-refractivity contribution < 1.29 is 19.8 Å². The zero-order valence-corrected chi connectivity index (χ0v) is 12.4. The van der Waals surface area contributed by atoms with Gasteiger partial charge in [-0.1, -0.05) is 18.2 Å². The molecule has 0 unspecified atom stereocenters. The number of nitrogens with one attached hydrogen (secondary N) is 1. The molecule has 0 bridgehead atoms. The van der Waals surface area contributed by atoms with Crippen LogP contribution < -0.4 is 5.43 Å². The maximum Gasteiger partial charge on any atom is 0.328 e. The monoisotopic (exact) mass is 326 g/mol. The van der Waals surface area contributed by atoms with E-state index >= 15 is 0 Å². The van der Waals surface area contributed by atoms with Gasteiger partial charge in [0, 0.05) is 29.9 Å². The Kier molecular flexibility index (Phi) is 5.62. The number of hydrogen-bond donors (Lipinski definition) is 3. The lowest BCUT2D eigenvalue weighted by molar-refractivity contribution is -0.134. The minimum atomic E-state index is -1.26. The van der Waals surface area contributed by atoms with Gasteiger partial charge in [-0.3, -0.25) is 10.4 Å². The number of fused-ring (bicyclic) bond motifs is 1. The highest BCUT2D eigenvalue weighted by Crippen LogP contribution is 2.11. The minimum absolute atomic E-state index is 0.558. The van der Waals surface area contributed by atoms with Crippen LogP contribution in [-0.4, -0.2) is 37.0 Å². The average molecular weight is 326 g/mol. The molecule has 3 N–H and O–H groups in total. The molecule has 3 aromatic rings. The molecule has 0 radical (unpaired) electrons. The summed E-state index contributed by atoms with van der Waals surface area (Å²) in [6.45, 7) is 0. The molecular weight excluding hydrogens is 312 g/mol. The zero-order valence-electron chi connectivity index (χ0n) is 12.4. The second kappa shape index (κ2) is 8.08. The Balaban J connectivity index is 0.000000224. The molecule has 8 nitrogen and oxygen atoms in total. The van der Waals surface area contributed by atoms with E-state index in [0.717, 1.165) is 16.6 Å². The highest BCUT2D eigenvalue weighted by Gasteiger charge is 1.98. The fourth-order valence-corrected chi connectivity index (χ4v) is 1.72. The normalized spacial score (nSPS) is 10.2. The van der Waals surface area contributed by atoms with Gasteiger partial charge >= 0.3 is 11.9 Å². The Bertz CT molecular complexity index is 810. The number of rotatable bonds is 4. The quantitative estimate of drug-likeness (QED) is 0.628. The summed E-state index contributed by atoms with van der Waals surface area (Å²) in [7, 11) is 0. The standard InChI is InChI=1S/C12H10N4.C4H4O4/c1-2-4-12-10(3-1)9-16(15-12)14-11-5-7-13-8-6-11;5-3(6)1-2-4(7)8/h1-9H,(H,13,14);1-2H,(H,5,6)(H,7,8)/b;2-1-. The zero-order chi connectivity index (χ0) is 17.4. The van der Waals surface area contributed by atoms with Crippen LogP contribution in [0.5, 0.6) is 0 Å². The van der Waals surface area contributed by atoms with Crippen molar-refractivity contribution in [3.05, 3.63) is 67.1 Å². The minimum Gasteiger partial charge on any atom is -0.478 e. The first-order chi connectivity index (χ1) is 11.5. The number of anilines is 1. The Morgan fingerprint density at radius 1 is 1.00 bits per heavy atom. The maximum atomic E-state index is 9.55. The summed E-state index contributed by atoms with van der Waals surface area (Å²) in [6, 6.07) is 11.8. The number of carboxylic acid groups (broad SMARTS) is 2. The highest BCUT2D eigenvalue weighted by molar-refractivity contribution is 5.89. The second-order valence-corrected chi connectivity index (χ2v) is 4.49. The fraction of sp³-hybridized carbons (Fsp3) is 0. The van der Waals surface area contributed by atoms with E-state index in [1.54, 1.807) is 17.2 Å². The van der Waals surface area contributed by atoms with Gasteiger partial charge in [-0.25, -0.2) is 9.59 Å². The molecule has 0 amide bonds. The molecule has 0 saturated carbocycles. The highest BCUT2D eigenvalue weighted by atomic mass is 16.4. The Labute approximate surface area is 136 Å². The van der Waals surface area contributed by atoms with Crippen LogP contribution in [0.25, 0.3) is 10.9 Å². The van der Waals surface area contributed by atoms with Crippen LogP contribution in [-0.2, 0) is 9.59 Å².